The summed E-state index contributed by atoms with van der Waals surface area (Å²) in [6, 6.07) is 0. The van der Waals surface area contributed by atoms with Gasteiger partial charge in [-0.2, -0.15) is 0 Å². The Balaban J connectivity index is 2.96. The van der Waals surface area contributed by atoms with E-state index in [-0.39, 0.29) is 0 Å². The molecule has 0 aromatic carbocycles. The molecule has 0 saturated carbocycles. The third-order valence-corrected chi connectivity index (χ3v) is 2.42. The second-order valence-corrected chi connectivity index (χ2v) is 3.89. The highest BCUT2D eigenvalue weighted by Gasteiger charge is 1.86. The third-order valence-electron chi connectivity index (χ3n) is 2.42. The summed E-state index contributed by atoms with van der Waals surface area (Å²) in [5, 5.41) is 8.57. The number of rotatable bonds is 10. The van der Waals surface area contributed by atoms with E-state index in [4.69, 9.17) is 5.11 Å². The molecule has 84 valence electrons. The average Bonchev–Trinajstić information content (AvgIpc) is 2.21. The standard InChI is InChI=1S/C13H26O/c1-2-3-4-5-6-7-8-9-10-11-12-13-14/h7-8,14H,2-6,9-13H2,1H3/b8-7-. The minimum Gasteiger partial charge on any atom is -0.396 e. The minimum atomic E-state index is 0.348. The first-order valence-electron chi connectivity index (χ1n) is 6.17. The summed E-state index contributed by atoms with van der Waals surface area (Å²) in [6.07, 6.45) is 15.8. The van der Waals surface area contributed by atoms with Crippen LogP contribution in [0.2, 0.25) is 0 Å². The smallest absolute Gasteiger partial charge is 0.0431 e. The second kappa shape index (κ2) is 12.7. The van der Waals surface area contributed by atoms with Gasteiger partial charge in [0.25, 0.3) is 0 Å². The van der Waals surface area contributed by atoms with Crippen LogP contribution in [0.25, 0.3) is 0 Å². The van der Waals surface area contributed by atoms with Gasteiger partial charge in [-0.25, -0.2) is 0 Å². The number of hydrogen-bond donors (Lipinski definition) is 1. The summed E-state index contributed by atoms with van der Waals surface area (Å²) in [4.78, 5) is 0. The minimum absolute atomic E-state index is 0.348. The van der Waals surface area contributed by atoms with Crippen molar-refractivity contribution < 1.29 is 5.11 Å². The fourth-order valence-corrected chi connectivity index (χ4v) is 1.48. The van der Waals surface area contributed by atoms with E-state index < -0.39 is 0 Å². The van der Waals surface area contributed by atoms with Crippen LogP contribution in [0.5, 0.6) is 0 Å². The molecule has 0 aromatic heterocycles. The van der Waals surface area contributed by atoms with Crippen LogP contribution in [-0.4, -0.2) is 11.7 Å². The predicted molar refractivity (Wildman–Crippen MR) is 63.5 cm³/mol. The van der Waals surface area contributed by atoms with E-state index in [1.807, 2.05) is 0 Å². The second-order valence-electron chi connectivity index (χ2n) is 3.89. The molecule has 0 amide bonds. The van der Waals surface area contributed by atoms with E-state index in [0.717, 1.165) is 12.8 Å². The van der Waals surface area contributed by atoms with Gasteiger partial charge in [0.2, 0.25) is 0 Å². The predicted octanol–water partition coefficient (Wildman–Crippen LogP) is 4.07. The van der Waals surface area contributed by atoms with Crippen molar-refractivity contribution in [1.29, 1.82) is 0 Å². The van der Waals surface area contributed by atoms with Gasteiger partial charge >= 0.3 is 0 Å². The molecule has 0 spiro atoms. The molecule has 1 nitrogen and oxygen atoms in total. The van der Waals surface area contributed by atoms with E-state index in [9.17, 15) is 0 Å². The van der Waals surface area contributed by atoms with Crippen LogP contribution in [0.3, 0.4) is 0 Å². The first-order valence-corrected chi connectivity index (χ1v) is 6.17. The molecule has 1 N–H and O–H groups in total. The lowest BCUT2D eigenvalue weighted by Gasteiger charge is -1.95. The molecule has 1 heteroatoms. The molecule has 0 radical (unpaired) electrons. The summed E-state index contributed by atoms with van der Waals surface area (Å²) in [7, 11) is 0. The number of aliphatic hydroxyl groups excluding tert-OH is 1. The highest BCUT2D eigenvalue weighted by atomic mass is 16.2. The molecule has 0 atom stereocenters. The Kier molecular flexibility index (Phi) is 12.4. The molecule has 14 heavy (non-hydrogen) atoms. The van der Waals surface area contributed by atoms with Crippen LogP contribution >= 0.6 is 0 Å². The molecule has 0 aliphatic carbocycles. The van der Waals surface area contributed by atoms with E-state index in [1.165, 1.54) is 44.9 Å². The maximum Gasteiger partial charge on any atom is 0.0431 e. The van der Waals surface area contributed by atoms with Gasteiger partial charge in [0, 0.05) is 6.61 Å². The van der Waals surface area contributed by atoms with Crippen molar-refractivity contribution in [1.82, 2.24) is 0 Å². The van der Waals surface area contributed by atoms with Crippen molar-refractivity contribution in [2.75, 3.05) is 6.61 Å². The van der Waals surface area contributed by atoms with Crippen molar-refractivity contribution in [3.8, 4) is 0 Å². The number of allylic oxidation sites excluding steroid dienone is 2. The zero-order valence-electron chi connectivity index (χ0n) is 9.67. The first-order chi connectivity index (χ1) is 6.91. The topological polar surface area (TPSA) is 20.2 Å². The lowest BCUT2D eigenvalue weighted by atomic mass is 10.1. The van der Waals surface area contributed by atoms with Gasteiger partial charge in [-0.05, 0) is 32.1 Å². The Morgan fingerprint density at radius 1 is 0.786 bits per heavy atom. The van der Waals surface area contributed by atoms with Gasteiger partial charge in [0.05, 0.1) is 0 Å². The largest absolute Gasteiger partial charge is 0.396 e. The fraction of sp³-hybridized carbons (Fsp3) is 0.846. The van der Waals surface area contributed by atoms with Gasteiger partial charge in [-0.3, -0.25) is 0 Å². The van der Waals surface area contributed by atoms with Crippen molar-refractivity contribution in [3.05, 3.63) is 12.2 Å². The third kappa shape index (κ3) is 11.7. The Labute approximate surface area is 89.2 Å². The van der Waals surface area contributed by atoms with Crippen molar-refractivity contribution in [3.63, 3.8) is 0 Å². The van der Waals surface area contributed by atoms with Crippen LogP contribution < -0.4 is 0 Å². The average molecular weight is 198 g/mol. The molecule has 0 aromatic rings. The molecular formula is C13H26O. The first kappa shape index (κ1) is 13.7. The molecule has 0 saturated heterocycles. The van der Waals surface area contributed by atoms with Gasteiger partial charge in [-0.1, -0.05) is 44.8 Å². The van der Waals surface area contributed by atoms with E-state index in [1.54, 1.807) is 0 Å². The van der Waals surface area contributed by atoms with Crippen LogP contribution in [0.15, 0.2) is 12.2 Å². The fourth-order valence-electron chi connectivity index (χ4n) is 1.48. The van der Waals surface area contributed by atoms with Crippen LogP contribution in [0.4, 0.5) is 0 Å². The highest BCUT2D eigenvalue weighted by Crippen LogP contribution is 2.05. The molecule has 0 unspecified atom stereocenters. The maximum atomic E-state index is 8.57. The number of hydrogen-bond acceptors (Lipinski definition) is 1. The normalized spacial score (nSPS) is 11.3. The molecule has 0 heterocycles. The molecular weight excluding hydrogens is 172 g/mol. The van der Waals surface area contributed by atoms with Crippen LogP contribution in [0.1, 0.15) is 64.7 Å². The Bertz CT molecular complexity index is 104. The Hall–Kier alpha value is -0.300. The van der Waals surface area contributed by atoms with Crippen molar-refractivity contribution in [2.24, 2.45) is 0 Å². The SMILES string of the molecule is CCCCCC/C=C\CCCCCO. The molecule has 0 fully saturated rings. The van der Waals surface area contributed by atoms with Gasteiger partial charge < -0.3 is 5.11 Å². The summed E-state index contributed by atoms with van der Waals surface area (Å²) in [5.41, 5.74) is 0. The lowest BCUT2D eigenvalue weighted by Crippen LogP contribution is -1.81. The number of aliphatic hydroxyl groups is 1. The van der Waals surface area contributed by atoms with Crippen LogP contribution in [0, 0.1) is 0 Å². The van der Waals surface area contributed by atoms with Crippen molar-refractivity contribution >= 4 is 0 Å². The number of unbranched alkanes of at least 4 members (excludes halogenated alkanes) is 7. The summed E-state index contributed by atoms with van der Waals surface area (Å²) in [5.74, 6) is 0. The zero-order valence-corrected chi connectivity index (χ0v) is 9.67. The van der Waals surface area contributed by atoms with E-state index in [2.05, 4.69) is 19.1 Å². The van der Waals surface area contributed by atoms with E-state index >= 15 is 0 Å². The van der Waals surface area contributed by atoms with Crippen LogP contribution in [-0.2, 0) is 0 Å². The lowest BCUT2D eigenvalue weighted by molar-refractivity contribution is 0.283. The van der Waals surface area contributed by atoms with E-state index in [0.29, 0.717) is 6.61 Å². The monoisotopic (exact) mass is 198 g/mol. The summed E-state index contributed by atoms with van der Waals surface area (Å²) < 4.78 is 0. The maximum absolute atomic E-state index is 8.57. The summed E-state index contributed by atoms with van der Waals surface area (Å²) >= 11 is 0. The molecule has 0 rings (SSSR count). The zero-order chi connectivity index (χ0) is 10.5. The molecule has 0 bridgehead atoms. The Morgan fingerprint density at radius 3 is 1.86 bits per heavy atom. The quantitative estimate of drug-likeness (QED) is 0.414. The highest BCUT2D eigenvalue weighted by molar-refractivity contribution is 4.81. The van der Waals surface area contributed by atoms with Gasteiger partial charge in [-0.15, -0.1) is 0 Å². The molecule has 0 aliphatic heterocycles. The van der Waals surface area contributed by atoms with Gasteiger partial charge in [0.1, 0.15) is 0 Å². The van der Waals surface area contributed by atoms with Crippen molar-refractivity contribution in [2.45, 2.75) is 64.7 Å². The molecule has 0 aliphatic rings. The summed E-state index contributed by atoms with van der Waals surface area (Å²) in [6.45, 7) is 2.59. The Morgan fingerprint density at radius 2 is 1.36 bits per heavy atom. The van der Waals surface area contributed by atoms with Gasteiger partial charge in [0.15, 0.2) is 0 Å².